The van der Waals surface area contributed by atoms with Crippen LogP contribution in [0.5, 0.6) is 0 Å². The molecule has 1 aliphatic rings. The fourth-order valence-electron chi connectivity index (χ4n) is 2.80. The van der Waals surface area contributed by atoms with E-state index < -0.39 is 0 Å². The molecule has 1 N–H and O–H groups in total. The van der Waals surface area contributed by atoms with E-state index >= 15 is 0 Å². The zero-order valence-corrected chi connectivity index (χ0v) is 14.8. The highest BCUT2D eigenvalue weighted by atomic mass is 127. The number of halogens is 1. The molecule has 2 rings (SSSR count). The number of hydrogen-bond donors (Lipinski definition) is 1. The zero-order chi connectivity index (χ0) is 13.7. The van der Waals surface area contributed by atoms with Crippen molar-refractivity contribution >= 4 is 29.9 Å². The minimum absolute atomic E-state index is 0. The number of nitrogens with one attached hydrogen (secondary N) is 1. The predicted molar refractivity (Wildman–Crippen MR) is 91.3 cm³/mol. The predicted octanol–water partition coefficient (Wildman–Crippen LogP) is 1.45. The molecule has 0 aromatic carbocycles. The number of aromatic nitrogens is 3. The van der Waals surface area contributed by atoms with Crippen LogP contribution in [-0.4, -0.2) is 52.3 Å². The summed E-state index contributed by atoms with van der Waals surface area (Å²) in [5.74, 6) is 2.47. The van der Waals surface area contributed by atoms with E-state index in [0.29, 0.717) is 0 Å². The number of hydrogen-bond acceptors (Lipinski definition) is 3. The van der Waals surface area contributed by atoms with Crippen LogP contribution in [0, 0.1) is 11.8 Å². The Kier molecular flexibility index (Phi) is 7.25. The third-order valence-corrected chi connectivity index (χ3v) is 3.47. The summed E-state index contributed by atoms with van der Waals surface area (Å²) in [6.07, 6.45) is 4.60. The van der Waals surface area contributed by atoms with Crippen molar-refractivity contribution in [1.29, 1.82) is 0 Å². The monoisotopic (exact) mass is 392 g/mol. The molecule has 6 nitrogen and oxygen atoms in total. The van der Waals surface area contributed by atoms with Crippen molar-refractivity contribution in [3.05, 3.63) is 12.7 Å². The minimum Gasteiger partial charge on any atom is -0.354 e. The maximum atomic E-state index is 4.39. The Labute approximate surface area is 138 Å². The molecule has 0 aliphatic carbocycles. The van der Waals surface area contributed by atoms with Gasteiger partial charge in [-0.1, -0.05) is 13.8 Å². The molecule has 0 amide bonds. The molecule has 2 unspecified atom stereocenters. The Hall–Kier alpha value is -0.860. The summed E-state index contributed by atoms with van der Waals surface area (Å²) in [4.78, 5) is 10.7. The summed E-state index contributed by atoms with van der Waals surface area (Å²) in [7, 11) is 1.85. The molecule has 1 fully saturated rings. The first-order valence-electron chi connectivity index (χ1n) is 6.97. The third kappa shape index (κ3) is 4.92. The van der Waals surface area contributed by atoms with Gasteiger partial charge in [-0.05, 0) is 18.3 Å². The molecule has 2 atom stereocenters. The summed E-state index contributed by atoms with van der Waals surface area (Å²) in [5, 5.41) is 7.49. The molecule has 0 saturated carbocycles. The molecule has 1 aliphatic heterocycles. The number of aliphatic imine (C=N–C) groups is 1. The maximum Gasteiger partial charge on any atom is 0.193 e. The van der Waals surface area contributed by atoms with Crippen molar-refractivity contribution < 1.29 is 0 Å². The number of piperidine rings is 1. The molecule has 2 heterocycles. The van der Waals surface area contributed by atoms with Crippen molar-refractivity contribution in [2.75, 3.05) is 26.7 Å². The van der Waals surface area contributed by atoms with Gasteiger partial charge in [0.25, 0.3) is 0 Å². The van der Waals surface area contributed by atoms with Crippen molar-refractivity contribution in [2.45, 2.75) is 26.8 Å². The molecule has 0 bridgehead atoms. The highest BCUT2D eigenvalue weighted by Crippen LogP contribution is 2.20. The first-order chi connectivity index (χ1) is 9.19. The topological polar surface area (TPSA) is 58.3 Å². The van der Waals surface area contributed by atoms with E-state index in [9.17, 15) is 0 Å². The van der Waals surface area contributed by atoms with Gasteiger partial charge in [0, 0.05) is 26.7 Å². The van der Waals surface area contributed by atoms with Crippen LogP contribution in [0.3, 0.4) is 0 Å². The van der Waals surface area contributed by atoms with Gasteiger partial charge in [-0.15, -0.1) is 24.0 Å². The Bertz CT molecular complexity index is 395. The lowest BCUT2D eigenvalue weighted by Crippen LogP contribution is -2.49. The van der Waals surface area contributed by atoms with Gasteiger partial charge in [-0.2, -0.15) is 5.10 Å². The molecule has 1 aromatic heterocycles. The zero-order valence-electron chi connectivity index (χ0n) is 12.5. The summed E-state index contributed by atoms with van der Waals surface area (Å²) in [6, 6.07) is 0. The average molecular weight is 392 g/mol. The second-order valence-corrected chi connectivity index (χ2v) is 5.48. The van der Waals surface area contributed by atoms with Gasteiger partial charge < -0.3 is 10.2 Å². The fourth-order valence-corrected chi connectivity index (χ4v) is 2.80. The van der Waals surface area contributed by atoms with Crippen molar-refractivity contribution in [3.63, 3.8) is 0 Å². The first kappa shape index (κ1) is 17.2. The van der Waals surface area contributed by atoms with E-state index in [1.807, 2.05) is 11.7 Å². The van der Waals surface area contributed by atoms with Crippen LogP contribution in [0.1, 0.15) is 20.3 Å². The van der Waals surface area contributed by atoms with Crippen LogP contribution in [0.4, 0.5) is 0 Å². The lowest BCUT2D eigenvalue weighted by atomic mass is 9.92. The average Bonchev–Trinajstić information content (AvgIpc) is 2.86. The van der Waals surface area contributed by atoms with Crippen LogP contribution in [0.2, 0.25) is 0 Å². The summed E-state index contributed by atoms with van der Waals surface area (Å²) < 4.78 is 1.82. The van der Waals surface area contributed by atoms with Gasteiger partial charge in [0.15, 0.2) is 5.96 Å². The first-order valence-corrected chi connectivity index (χ1v) is 6.97. The SMILES string of the molecule is CN=C(NCCn1cncn1)N1CC(C)CC(C)C1.I. The summed E-state index contributed by atoms with van der Waals surface area (Å²) in [5.41, 5.74) is 0. The molecular weight excluding hydrogens is 367 g/mol. The lowest BCUT2D eigenvalue weighted by Gasteiger charge is -2.37. The quantitative estimate of drug-likeness (QED) is 0.481. The summed E-state index contributed by atoms with van der Waals surface area (Å²) in [6.45, 7) is 8.42. The second-order valence-electron chi connectivity index (χ2n) is 5.48. The van der Waals surface area contributed by atoms with E-state index in [2.05, 4.69) is 39.1 Å². The minimum atomic E-state index is 0. The number of likely N-dealkylation sites (tertiary alicyclic amines) is 1. The standard InChI is InChI=1S/C13H24N6.HI/c1-11-6-12(2)8-18(7-11)13(14-3)16-4-5-19-10-15-9-17-19;/h9-12H,4-8H2,1-3H3,(H,14,16);1H. The number of nitrogens with zero attached hydrogens (tertiary/aromatic N) is 5. The van der Waals surface area contributed by atoms with E-state index in [0.717, 1.165) is 44.0 Å². The molecule has 0 radical (unpaired) electrons. The van der Waals surface area contributed by atoms with Gasteiger partial charge in [0.1, 0.15) is 12.7 Å². The third-order valence-electron chi connectivity index (χ3n) is 3.47. The van der Waals surface area contributed by atoms with Gasteiger partial charge in [0.2, 0.25) is 0 Å². The van der Waals surface area contributed by atoms with Crippen LogP contribution >= 0.6 is 24.0 Å². The van der Waals surface area contributed by atoms with Crippen LogP contribution in [0.25, 0.3) is 0 Å². The number of guanidine groups is 1. The largest absolute Gasteiger partial charge is 0.354 e. The molecule has 1 saturated heterocycles. The Balaban J connectivity index is 0.00000200. The van der Waals surface area contributed by atoms with E-state index in [4.69, 9.17) is 0 Å². The lowest BCUT2D eigenvalue weighted by molar-refractivity contribution is 0.208. The Morgan fingerprint density at radius 2 is 2.05 bits per heavy atom. The van der Waals surface area contributed by atoms with E-state index in [1.54, 1.807) is 12.7 Å². The molecule has 0 spiro atoms. The van der Waals surface area contributed by atoms with E-state index in [-0.39, 0.29) is 24.0 Å². The smallest absolute Gasteiger partial charge is 0.193 e. The Morgan fingerprint density at radius 1 is 1.35 bits per heavy atom. The van der Waals surface area contributed by atoms with Crippen LogP contribution in [-0.2, 0) is 6.54 Å². The molecule has 114 valence electrons. The summed E-state index contributed by atoms with van der Waals surface area (Å²) >= 11 is 0. The second kappa shape index (κ2) is 8.43. The van der Waals surface area contributed by atoms with Crippen molar-refractivity contribution in [1.82, 2.24) is 25.0 Å². The van der Waals surface area contributed by atoms with Crippen LogP contribution in [0.15, 0.2) is 17.6 Å². The van der Waals surface area contributed by atoms with Gasteiger partial charge in [0.05, 0.1) is 6.54 Å². The molecule has 20 heavy (non-hydrogen) atoms. The van der Waals surface area contributed by atoms with Gasteiger partial charge >= 0.3 is 0 Å². The highest BCUT2D eigenvalue weighted by molar-refractivity contribution is 14.0. The molecule has 7 heteroatoms. The Morgan fingerprint density at radius 3 is 2.60 bits per heavy atom. The van der Waals surface area contributed by atoms with Gasteiger partial charge in [-0.25, -0.2) is 4.98 Å². The van der Waals surface area contributed by atoms with Crippen molar-refractivity contribution in [2.24, 2.45) is 16.8 Å². The molecule has 1 aromatic rings. The van der Waals surface area contributed by atoms with Gasteiger partial charge in [-0.3, -0.25) is 9.67 Å². The number of rotatable bonds is 3. The van der Waals surface area contributed by atoms with E-state index in [1.165, 1.54) is 6.42 Å². The van der Waals surface area contributed by atoms with Crippen LogP contribution < -0.4 is 5.32 Å². The van der Waals surface area contributed by atoms with Crippen molar-refractivity contribution in [3.8, 4) is 0 Å². The highest BCUT2D eigenvalue weighted by Gasteiger charge is 2.23. The molecular formula is C13H25IN6. The normalized spacial score (nSPS) is 23.4. The maximum absolute atomic E-state index is 4.39. The fraction of sp³-hybridized carbons (Fsp3) is 0.769.